The van der Waals surface area contributed by atoms with E-state index in [1.807, 2.05) is 31.2 Å². The Balaban J connectivity index is 1.56. The molecule has 37 heavy (non-hydrogen) atoms. The van der Waals surface area contributed by atoms with Gasteiger partial charge in [-0.3, -0.25) is 4.79 Å². The van der Waals surface area contributed by atoms with Gasteiger partial charge < -0.3 is 19.5 Å². The fraction of sp³-hybridized carbons (Fsp3) is 0.200. The number of Topliss-reactive ketones (excluding diaryl/α,β-unsaturated/α-hetero) is 1. The molecule has 1 aliphatic heterocycles. The first kappa shape index (κ1) is 24.3. The number of dihydropyridines is 1. The third kappa shape index (κ3) is 4.37. The average molecular weight is 500 g/mol. The molecule has 1 aliphatic carbocycles. The number of hydrogen-bond acceptors (Lipinski definition) is 6. The highest BCUT2D eigenvalue weighted by molar-refractivity contribution is 6.23. The van der Waals surface area contributed by atoms with Crippen molar-refractivity contribution in [2.45, 2.75) is 26.4 Å². The summed E-state index contributed by atoms with van der Waals surface area (Å²) in [6.07, 6.45) is 0. The molecule has 3 aromatic carbocycles. The minimum atomic E-state index is -0.657. The van der Waals surface area contributed by atoms with Gasteiger partial charge in [-0.05, 0) is 49.2 Å². The van der Waals surface area contributed by atoms with E-state index in [1.165, 1.54) is 19.2 Å². The number of allylic oxidation sites excluding steroid dienone is 2. The van der Waals surface area contributed by atoms with Crippen molar-refractivity contribution in [2.24, 2.45) is 0 Å². The quantitative estimate of drug-likeness (QED) is 0.430. The van der Waals surface area contributed by atoms with Crippen LogP contribution in [0.1, 0.15) is 46.8 Å². The van der Waals surface area contributed by atoms with Gasteiger partial charge in [0.25, 0.3) is 0 Å². The van der Waals surface area contributed by atoms with Crippen LogP contribution in [-0.4, -0.2) is 25.5 Å². The molecule has 0 spiro atoms. The van der Waals surface area contributed by atoms with E-state index in [0.717, 1.165) is 11.1 Å². The summed E-state index contributed by atoms with van der Waals surface area (Å²) in [4.78, 5) is 26.7. The van der Waals surface area contributed by atoms with Crippen LogP contribution in [0.5, 0.6) is 11.5 Å². The Hall–Kier alpha value is -4.39. The highest BCUT2D eigenvalue weighted by Gasteiger charge is 2.43. The Morgan fingerprint density at radius 2 is 1.73 bits per heavy atom. The highest BCUT2D eigenvalue weighted by atomic mass is 19.1. The Morgan fingerprint density at radius 3 is 2.43 bits per heavy atom. The molecule has 6 nitrogen and oxygen atoms in total. The average Bonchev–Trinajstić information content (AvgIpc) is 3.19. The maximum Gasteiger partial charge on any atom is 0.336 e. The van der Waals surface area contributed by atoms with Crippen LogP contribution in [0, 0.1) is 5.82 Å². The van der Waals surface area contributed by atoms with Gasteiger partial charge in [0.1, 0.15) is 12.4 Å². The molecular weight excluding hydrogens is 473 g/mol. The number of esters is 1. The third-order valence-corrected chi connectivity index (χ3v) is 6.57. The molecule has 0 saturated heterocycles. The standard InChI is InChI=1S/C30H26FNO5/c1-4-36-30(34)25-17(2)32-28-21-7-5-6-8-22(21)29(33)27(28)26(25)19-11-14-23(24(15-19)35-3)37-16-18-9-12-20(31)13-10-18/h5-15,26,32H,4,16H2,1-3H3/t26-/m1/s1. The van der Waals surface area contributed by atoms with Crippen molar-refractivity contribution in [1.82, 2.24) is 5.32 Å². The molecule has 2 aliphatic rings. The lowest BCUT2D eigenvalue weighted by Gasteiger charge is -2.29. The second-order valence-corrected chi connectivity index (χ2v) is 8.81. The predicted molar refractivity (Wildman–Crippen MR) is 137 cm³/mol. The third-order valence-electron chi connectivity index (χ3n) is 6.57. The van der Waals surface area contributed by atoms with Crippen molar-refractivity contribution < 1.29 is 28.2 Å². The molecule has 0 radical (unpaired) electrons. The van der Waals surface area contributed by atoms with Crippen LogP contribution >= 0.6 is 0 Å². The van der Waals surface area contributed by atoms with Crippen molar-refractivity contribution in [3.63, 3.8) is 0 Å². The largest absolute Gasteiger partial charge is 0.493 e. The van der Waals surface area contributed by atoms with Crippen molar-refractivity contribution in [1.29, 1.82) is 0 Å². The molecule has 5 rings (SSSR count). The van der Waals surface area contributed by atoms with Crippen LogP contribution in [0.25, 0.3) is 5.70 Å². The second-order valence-electron chi connectivity index (χ2n) is 8.81. The molecule has 0 unspecified atom stereocenters. The summed E-state index contributed by atoms with van der Waals surface area (Å²) in [6, 6.07) is 18.8. The number of nitrogens with one attached hydrogen (secondary N) is 1. The number of fused-ring (bicyclic) bond motifs is 2. The van der Waals surface area contributed by atoms with Crippen LogP contribution in [0.2, 0.25) is 0 Å². The summed E-state index contributed by atoms with van der Waals surface area (Å²) < 4.78 is 30.2. The number of ether oxygens (including phenoxy) is 3. The van der Waals surface area contributed by atoms with Gasteiger partial charge in [-0.1, -0.05) is 42.5 Å². The Bertz CT molecular complexity index is 1460. The maximum absolute atomic E-state index is 13.6. The lowest BCUT2D eigenvalue weighted by atomic mass is 9.79. The van der Waals surface area contributed by atoms with E-state index in [9.17, 15) is 14.0 Å². The molecule has 1 N–H and O–H groups in total. The molecular formula is C30H26FNO5. The van der Waals surface area contributed by atoms with Crippen molar-refractivity contribution >= 4 is 17.4 Å². The highest BCUT2D eigenvalue weighted by Crippen LogP contribution is 2.48. The Labute approximate surface area is 214 Å². The molecule has 3 aromatic rings. The van der Waals surface area contributed by atoms with E-state index >= 15 is 0 Å². The van der Waals surface area contributed by atoms with Crippen LogP contribution in [0.3, 0.4) is 0 Å². The molecule has 0 bridgehead atoms. The summed E-state index contributed by atoms with van der Waals surface area (Å²) in [5, 5.41) is 3.29. The Kier molecular flexibility index (Phi) is 6.53. The number of hydrogen-bond donors (Lipinski definition) is 1. The van der Waals surface area contributed by atoms with Gasteiger partial charge in [-0.15, -0.1) is 0 Å². The number of carbonyl (C=O) groups is 2. The zero-order chi connectivity index (χ0) is 26.1. The minimum Gasteiger partial charge on any atom is -0.493 e. The zero-order valence-corrected chi connectivity index (χ0v) is 20.8. The van der Waals surface area contributed by atoms with Crippen LogP contribution in [0.4, 0.5) is 4.39 Å². The molecule has 7 heteroatoms. The summed E-state index contributed by atoms with van der Waals surface area (Å²) in [5.74, 6) is -0.653. The maximum atomic E-state index is 13.6. The first-order chi connectivity index (χ1) is 17.9. The first-order valence-corrected chi connectivity index (χ1v) is 12.0. The molecule has 1 heterocycles. The summed E-state index contributed by atoms with van der Waals surface area (Å²) in [6.45, 7) is 3.99. The molecule has 0 saturated carbocycles. The summed E-state index contributed by atoms with van der Waals surface area (Å²) in [7, 11) is 1.53. The normalized spacial score (nSPS) is 16.2. The van der Waals surface area contributed by atoms with Gasteiger partial charge >= 0.3 is 5.97 Å². The van der Waals surface area contributed by atoms with Gasteiger partial charge in [0.05, 0.1) is 25.0 Å². The van der Waals surface area contributed by atoms with E-state index in [4.69, 9.17) is 14.2 Å². The number of benzene rings is 3. The van der Waals surface area contributed by atoms with E-state index in [-0.39, 0.29) is 24.8 Å². The van der Waals surface area contributed by atoms with Crippen molar-refractivity contribution in [2.75, 3.05) is 13.7 Å². The lowest BCUT2D eigenvalue weighted by Crippen LogP contribution is -2.29. The SMILES string of the molecule is CCOC(=O)C1=C(C)NC2=C(C(=O)c3ccccc32)[C@@H]1c1ccc(OCc2ccc(F)cc2)c(OC)c1. The van der Waals surface area contributed by atoms with Gasteiger partial charge in [-0.25, -0.2) is 9.18 Å². The van der Waals surface area contributed by atoms with Crippen LogP contribution in [0.15, 0.2) is 83.6 Å². The van der Waals surface area contributed by atoms with Crippen LogP contribution in [-0.2, 0) is 16.1 Å². The van der Waals surface area contributed by atoms with Gasteiger partial charge in [0.15, 0.2) is 17.3 Å². The van der Waals surface area contributed by atoms with E-state index < -0.39 is 11.9 Å². The van der Waals surface area contributed by atoms with Gasteiger partial charge in [0, 0.05) is 28.3 Å². The smallest absolute Gasteiger partial charge is 0.336 e. The number of halogens is 1. The van der Waals surface area contributed by atoms with Gasteiger partial charge in [-0.2, -0.15) is 0 Å². The molecule has 188 valence electrons. The van der Waals surface area contributed by atoms with E-state index in [2.05, 4.69) is 5.32 Å². The number of methoxy groups -OCH3 is 1. The monoisotopic (exact) mass is 499 g/mol. The molecule has 1 atom stereocenters. The first-order valence-electron chi connectivity index (χ1n) is 12.0. The number of ketones is 1. The second kappa shape index (κ2) is 9.93. The molecule has 0 amide bonds. The molecule has 0 aromatic heterocycles. The molecule has 0 fully saturated rings. The van der Waals surface area contributed by atoms with Crippen molar-refractivity contribution in [3.8, 4) is 11.5 Å². The van der Waals surface area contributed by atoms with Crippen molar-refractivity contribution in [3.05, 3.63) is 112 Å². The van der Waals surface area contributed by atoms with Crippen LogP contribution < -0.4 is 14.8 Å². The lowest BCUT2D eigenvalue weighted by molar-refractivity contribution is -0.138. The minimum absolute atomic E-state index is 0.131. The summed E-state index contributed by atoms with van der Waals surface area (Å²) >= 11 is 0. The topological polar surface area (TPSA) is 73.9 Å². The Morgan fingerprint density at radius 1 is 1.00 bits per heavy atom. The fourth-order valence-corrected chi connectivity index (χ4v) is 4.87. The van der Waals surface area contributed by atoms with E-state index in [1.54, 1.807) is 37.3 Å². The zero-order valence-electron chi connectivity index (χ0n) is 20.8. The van der Waals surface area contributed by atoms with E-state index in [0.29, 0.717) is 45.2 Å². The number of rotatable bonds is 7. The predicted octanol–water partition coefficient (Wildman–Crippen LogP) is 5.54. The fourth-order valence-electron chi connectivity index (χ4n) is 4.87. The number of carbonyl (C=O) groups excluding carboxylic acids is 2. The van der Waals surface area contributed by atoms with Gasteiger partial charge in [0.2, 0.25) is 0 Å². The summed E-state index contributed by atoms with van der Waals surface area (Å²) in [5.41, 5.74) is 5.10.